The Hall–Kier alpha value is -1.43. The van der Waals surface area contributed by atoms with Crippen molar-refractivity contribution in [2.75, 3.05) is 6.54 Å². The molecule has 0 bridgehead atoms. The van der Waals surface area contributed by atoms with Crippen LogP contribution in [0.15, 0.2) is 22.7 Å². The van der Waals surface area contributed by atoms with E-state index in [2.05, 4.69) is 15.9 Å². The summed E-state index contributed by atoms with van der Waals surface area (Å²) in [6.45, 7) is 0.418. The minimum atomic E-state index is -0.966. The lowest BCUT2D eigenvalue weighted by atomic mass is 10.1. The summed E-state index contributed by atoms with van der Waals surface area (Å²) in [6, 6.07) is 4.38. The van der Waals surface area contributed by atoms with Gasteiger partial charge in [0.25, 0.3) is 0 Å². The average Bonchev–Trinajstić information content (AvgIpc) is 2.59. The molecule has 96 valence electrons. The van der Waals surface area contributed by atoms with Crippen LogP contribution in [0.3, 0.4) is 0 Å². The van der Waals surface area contributed by atoms with Crippen LogP contribution in [-0.2, 0) is 16.1 Å². The molecule has 1 heterocycles. The summed E-state index contributed by atoms with van der Waals surface area (Å²) in [6.07, 6.45) is 0.0197. The van der Waals surface area contributed by atoms with Crippen LogP contribution in [0.5, 0.6) is 0 Å². The fraction of sp³-hybridized carbons (Fsp3) is 0.333. The Morgan fingerprint density at radius 1 is 1.50 bits per heavy atom. The van der Waals surface area contributed by atoms with Crippen molar-refractivity contribution in [2.45, 2.75) is 13.0 Å². The largest absolute Gasteiger partial charge is 0.481 e. The molecule has 1 saturated heterocycles. The van der Waals surface area contributed by atoms with E-state index in [1.165, 1.54) is 17.0 Å². The lowest BCUT2D eigenvalue weighted by Crippen LogP contribution is -2.25. The molecule has 1 unspecified atom stereocenters. The van der Waals surface area contributed by atoms with Gasteiger partial charge in [0, 0.05) is 24.0 Å². The van der Waals surface area contributed by atoms with E-state index >= 15 is 0 Å². The molecule has 2 rings (SSSR count). The van der Waals surface area contributed by atoms with Crippen molar-refractivity contribution in [2.24, 2.45) is 5.92 Å². The molecule has 1 N–H and O–H groups in total. The van der Waals surface area contributed by atoms with Gasteiger partial charge in [-0.1, -0.05) is 15.9 Å². The lowest BCUT2D eigenvalue weighted by Gasteiger charge is -2.16. The zero-order valence-electron chi connectivity index (χ0n) is 9.40. The molecule has 1 atom stereocenters. The fourth-order valence-corrected chi connectivity index (χ4v) is 2.53. The van der Waals surface area contributed by atoms with Crippen LogP contribution in [0.1, 0.15) is 12.0 Å². The first kappa shape index (κ1) is 13.0. The minimum absolute atomic E-state index is 0.0197. The Kier molecular flexibility index (Phi) is 3.65. The molecule has 0 radical (unpaired) electrons. The summed E-state index contributed by atoms with van der Waals surface area (Å²) in [5.74, 6) is -2.22. The molecule has 0 saturated carbocycles. The summed E-state index contributed by atoms with van der Waals surface area (Å²) in [5.41, 5.74) is 0.640. The summed E-state index contributed by atoms with van der Waals surface area (Å²) in [4.78, 5) is 23.9. The summed E-state index contributed by atoms with van der Waals surface area (Å²) < 4.78 is 13.8. The molecule has 6 heteroatoms. The smallest absolute Gasteiger partial charge is 0.308 e. The fourth-order valence-electron chi connectivity index (χ4n) is 2.01. The van der Waals surface area contributed by atoms with E-state index in [0.717, 1.165) is 0 Å². The van der Waals surface area contributed by atoms with E-state index < -0.39 is 11.9 Å². The Bertz CT molecular complexity index is 486. The van der Waals surface area contributed by atoms with Crippen LogP contribution < -0.4 is 0 Å². The van der Waals surface area contributed by atoms with Gasteiger partial charge in [-0.2, -0.15) is 0 Å². The second-order valence-corrected chi connectivity index (χ2v) is 5.21. The number of nitrogens with zero attached hydrogens (tertiary/aromatic N) is 1. The van der Waals surface area contributed by atoms with Crippen LogP contribution in [0.2, 0.25) is 0 Å². The summed E-state index contributed by atoms with van der Waals surface area (Å²) >= 11 is 3.18. The van der Waals surface area contributed by atoms with Crippen molar-refractivity contribution >= 4 is 27.8 Å². The van der Waals surface area contributed by atoms with E-state index in [4.69, 9.17) is 5.11 Å². The maximum atomic E-state index is 13.2. The maximum Gasteiger partial charge on any atom is 0.308 e. The van der Waals surface area contributed by atoms with Crippen LogP contribution in [0, 0.1) is 11.7 Å². The molecule has 1 amide bonds. The quantitative estimate of drug-likeness (QED) is 0.928. The highest BCUT2D eigenvalue weighted by atomic mass is 79.9. The van der Waals surface area contributed by atoms with Crippen molar-refractivity contribution in [3.8, 4) is 0 Å². The van der Waals surface area contributed by atoms with Crippen LogP contribution in [-0.4, -0.2) is 28.4 Å². The number of aliphatic carboxylic acids is 1. The van der Waals surface area contributed by atoms with Gasteiger partial charge in [-0.3, -0.25) is 9.59 Å². The highest BCUT2D eigenvalue weighted by Crippen LogP contribution is 2.22. The van der Waals surface area contributed by atoms with E-state index in [1.54, 1.807) is 6.07 Å². The van der Waals surface area contributed by atoms with E-state index in [0.29, 0.717) is 10.0 Å². The highest BCUT2D eigenvalue weighted by molar-refractivity contribution is 9.10. The second kappa shape index (κ2) is 5.06. The minimum Gasteiger partial charge on any atom is -0.481 e. The molecule has 0 aliphatic carbocycles. The van der Waals surface area contributed by atoms with Crippen LogP contribution >= 0.6 is 15.9 Å². The van der Waals surface area contributed by atoms with Crippen molar-refractivity contribution < 1.29 is 19.1 Å². The standard InChI is InChI=1S/C12H11BrFNO3/c13-9-1-7(2-10(14)4-9)5-15-6-8(12(17)18)3-11(15)16/h1-2,4,8H,3,5-6H2,(H,17,18). The molecule has 1 aliphatic rings. The molecular weight excluding hydrogens is 305 g/mol. The van der Waals surface area contributed by atoms with Gasteiger partial charge in [0.2, 0.25) is 5.91 Å². The molecule has 1 aromatic rings. The zero-order valence-corrected chi connectivity index (χ0v) is 11.0. The molecule has 18 heavy (non-hydrogen) atoms. The van der Waals surface area contributed by atoms with Gasteiger partial charge in [0.05, 0.1) is 5.92 Å². The number of hydrogen-bond acceptors (Lipinski definition) is 2. The van der Waals surface area contributed by atoms with Gasteiger partial charge in [0.1, 0.15) is 5.82 Å². The van der Waals surface area contributed by atoms with E-state index in [1.807, 2.05) is 0 Å². The molecule has 0 aromatic heterocycles. The third-order valence-corrected chi connectivity index (χ3v) is 3.32. The van der Waals surface area contributed by atoms with Crippen molar-refractivity contribution in [3.63, 3.8) is 0 Å². The number of carbonyl (C=O) groups excluding carboxylic acids is 1. The predicted octanol–water partition coefficient (Wildman–Crippen LogP) is 2.02. The topological polar surface area (TPSA) is 57.6 Å². The number of carbonyl (C=O) groups is 2. The number of amides is 1. The Balaban J connectivity index is 2.10. The number of benzene rings is 1. The van der Waals surface area contributed by atoms with Crippen molar-refractivity contribution in [3.05, 3.63) is 34.1 Å². The van der Waals surface area contributed by atoms with Crippen molar-refractivity contribution in [1.82, 2.24) is 4.90 Å². The number of hydrogen-bond donors (Lipinski definition) is 1. The average molecular weight is 316 g/mol. The maximum absolute atomic E-state index is 13.2. The first-order valence-corrected chi connectivity index (χ1v) is 6.20. The van der Waals surface area contributed by atoms with E-state index in [9.17, 15) is 14.0 Å². The third kappa shape index (κ3) is 2.87. The monoisotopic (exact) mass is 315 g/mol. The highest BCUT2D eigenvalue weighted by Gasteiger charge is 2.34. The first-order chi connectivity index (χ1) is 8.45. The number of halogens is 2. The third-order valence-electron chi connectivity index (χ3n) is 2.86. The lowest BCUT2D eigenvalue weighted by molar-refractivity contribution is -0.141. The number of carboxylic acid groups (broad SMARTS) is 1. The SMILES string of the molecule is O=C(O)C1CC(=O)N(Cc2cc(F)cc(Br)c2)C1. The molecule has 0 spiro atoms. The predicted molar refractivity (Wildman–Crippen MR) is 65.3 cm³/mol. The van der Waals surface area contributed by atoms with Gasteiger partial charge in [-0.05, 0) is 23.8 Å². The van der Waals surface area contributed by atoms with Crippen LogP contribution in [0.25, 0.3) is 0 Å². The van der Waals surface area contributed by atoms with Gasteiger partial charge in [-0.15, -0.1) is 0 Å². The molecule has 4 nitrogen and oxygen atoms in total. The molecule has 1 fully saturated rings. The molecule has 1 aliphatic heterocycles. The summed E-state index contributed by atoms with van der Waals surface area (Å²) in [7, 11) is 0. The Morgan fingerprint density at radius 2 is 2.22 bits per heavy atom. The van der Waals surface area contributed by atoms with Gasteiger partial charge in [-0.25, -0.2) is 4.39 Å². The molecular formula is C12H11BrFNO3. The molecule has 1 aromatic carbocycles. The first-order valence-electron chi connectivity index (χ1n) is 5.41. The van der Waals surface area contributed by atoms with Crippen LogP contribution in [0.4, 0.5) is 4.39 Å². The normalized spacial score (nSPS) is 19.3. The van der Waals surface area contributed by atoms with Gasteiger partial charge >= 0.3 is 5.97 Å². The van der Waals surface area contributed by atoms with Gasteiger partial charge in [0.15, 0.2) is 0 Å². The summed E-state index contributed by atoms with van der Waals surface area (Å²) in [5, 5.41) is 8.86. The number of rotatable bonds is 3. The second-order valence-electron chi connectivity index (χ2n) is 4.29. The number of likely N-dealkylation sites (tertiary alicyclic amines) is 1. The zero-order chi connectivity index (χ0) is 13.3. The number of carboxylic acids is 1. The van der Waals surface area contributed by atoms with Crippen molar-refractivity contribution in [1.29, 1.82) is 0 Å². The Labute approximate surface area is 112 Å². The van der Waals surface area contributed by atoms with E-state index in [-0.39, 0.29) is 31.2 Å². The Morgan fingerprint density at radius 3 is 2.78 bits per heavy atom. The van der Waals surface area contributed by atoms with Gasteiger partial charge < -0.3 is 10.0 Å².